The van der Waals surface area contributed by atoms with Crippen LogP contribution in [0.5, 0.6) is 11.5 Å². The number of ketones is 5. The van der Waals surface area contributed by atoms with Crippen molar-refractivity contribution < 1.29 is 121 Å². The number of ether oxygens (including phenoxy) is 6. The second-order valence-corrected chi connectivity index (χ2v) is 45.3. The average molecular weight is 2110 g/mol. The number of imide groups is 1. The zero-order valence-corrected chi connectivity index (χ0v) is 92.0. The Morgan fingerprint density at radius 1 is 0.477 bits per heavy atom. The van der Waals surface area contributed by atoms with Gasteiger partial charge in [0.2, 0.25) is 47.3 Å². The molecule has 5 aliphatic heterocycles. The molecule has 149 heavy (non-hydrogen) atoms. The van der Waals surface area contributed by atoms with Crippen LogP contribution in [-0.2, 0) is 136 Å². The van der Waals surface area contributed by atoms with E-state index in [9.17, 15) is 86.3 Å². The van der Waals surface area contributed by atoms with Gasteiger partial charge in [0, 0.05) is 127 Å². The van der Waals surface area contributed by atoms with Crippen LogP contribution in [0, 0.1) is 57.2 Å². The van der Waals surface area contributed by atoms with Gasteiger partial charge in [-0.1, -0.05) is 179 Å². The minimum Gasteiger partial charge on any atom is -0.495 e. The number of hydroxylamine groups is 2. The van der Waals surface area contributed by atoms with E-state index < -0.39 is 171 Å². The lowest BCUT2D eigenvalue weighted by Crippen LogP contribution is -2.58. The maximum absolute atomic E-state index is 14.2. The van der Waals surface area contributed by atoms with E-state index in [1.807, 2.05) is 118 Å². The normalized spacial score (nSPS) is 23.7. The Balaban J connectivity index is 0.000000405. The van der Waals surface area contributed by atoms with Crippen molar-refractivity contribution in [2.45, 2.75) is 359 Å². The number of hydrogen-bond donors (Lipinski definition) is 8. The first-order valence-corrected chi connectivity index (χ1v) is 52.5. The minimum absolute atomic E-state index is 0. The Bertz CT molecular complexity index is 5520. The third-order valence-electron chi connectivity index (χ3n) is 28.3. The van der Waals surface area contributed by atoms with Gasteiger partial charge >= 0.3 is 17.9 Å². The van der Waals surface area contributed by atoms with E-state index in [4.69, 9.17) is 56.5 Å². The van der Waals surface area contributed by atoms with Crippen LogP contribution < -0.4 is 52.0 Å². The summed E-state index contributed by atoms with van der Waals surface area (Å²) in [5.74, 6) is -9.26. The van der Waals surface area contributed by atoms with Crippen LogP contribution in [0.15, 0.2) is 109 Å². The molecule has 818 valence electrons. The van der Waals surface area contributed by atoms with Crippen LogP contribution in [0.4, 0.5) is 0 Å². The van der Waals surface area contributed by atoms with Crippen molar-refractivity contribution in [1.29, 1.82) is 0 Å². The van der Waals surface area contributed by atoms with Crippen LogP contribution >= 0.6 is 23.2 Å². The van der Waals surface area contributed by atoms with E-state index in [2.05, 4.69) is 42.5 Å². The van der Waals surface area contributed by atoms with Gasteiger partial charge in [0.1, 0.15) is 77.4 Å². The van der Waals surface area contributed by atoms with E-state index in [0.717, 1.165) is 22.3 Å². The monoisotopic (exact) mass is 2110 g/mol. The highest BCUT2D eigenvalue weighted by Gasteiger charge is 2.51. The topological polar surface area (TPSA) is 478 Å². The number of halogens is 2. The Morgan fingerprint density at radius 2 is 0.832 bits per heavy atom. The van der Waals surface area contributed by atoms with Crippen molar-refractivity contribution in [2.24, 2.45) is 57.2 Å². The van der Waals surface area contributed by atoms with Gasteiger partial charge < -0.3 is 80.6 Å². The highest BCUT2D eigenvalue weighted by molar-refractivity contribution is 6.32. The molecule has 3 saturated heterocycles. The number of benzene rings is 4. The standard InChI is InChI=1S/C58H78ClN5O14.C55H77ClN4O11.H2/c1-32(2)40(30-39(65)14-12-17-50(70)78-64-48(68)26-27-49(64)69)53(71)60-34(4)44(66)24-20-36-18-22-38(23-19-36)52-51(77-52)33(3)45-15-13-16-47(67)62-42(29-37-21-25-46(75-11)41(59)28-37)54(72)61-35(5)58(9,10)56(74)63-43(55(73)76-45)31-57(6,7)8;1-31(2)40(29-39(62)16-13-15-32(3)61)50(65)57-34(5)44(63)25-21-36-19-23-38(24-20-36)49-48(71-49)33(4)45-17-14-18-47(64)59-42(28-37-22-26-46(69-12)41(56)27-37)51(66)58-35(6)55(10,11)53(68)60-43(52(67)70-45)30-54(7,8)9;/h13,16,18-19,21-23,25,28,32-35,40,42-43,45,51-52H,12,14-15,17,20,24,26-27,29-31H2,1-11H3,(H,60,71)(H,61,72)(H,62,67)(H,63,74);14,18-20,22-24,26-27,31,33-35,40,42-43,45,48-49H,13,15-17,21,25,28-30H2,1-12H3,(H,57,65)(H,58,66)(H,59,64)(H,60,68);1H/b16-13+;18-14+;/t33-,34-,35?,40-,42+,43-,45-,51+,52+;33-,34-,35?,40-,42+,43-,45-,48+,49+;/m00./s1. The van der Waals surface area contributed by atoms with Gasteiger partial charge in [0.05, 0.1) is 59.4 Å². The van der Waals surface area contributed by atoms with Gasteiger partial charge in [0.15, 0.2) is 11.6 Å². The smallest absolute Gasteiger partial charge is 0.333 e. The summed E-state index contributed by atoms with van der Waals surface area (Å²) in [7, 11) is 2.99. The summed E-state index contributed by atoms with van der Waals surface area (Å²) in [4.78, 5) is 242. The van der Waals surface area contributed by atoms with E-state index in [1.54, 1.807) is 118 Å². The molecule has 2 unspecified atom stereocenters. The van der Waals surface area contributed by atoms with Gasteiger partial charge in [0.25, 0.3) is 11.8 Å². The summed E-state index contributed by atoms with van der Waals surface area (Å²) in [5, 5.41) is 24.0. The third kappa shape index (κ3) is 37.6. The molecule has 10 amide bonds. The maximum Gasteiger partial charge on any atom is 0.333 e. The van der Waals surface area contributed by atoms with Crippen molar-refractivity contribution in [3.63, 3.8) is 0 Å². The number of cyclic esters (lactones) is 2. The predicted molar refractivity (Wildman–Crippen MR) is 561 cm³/mol. The molecule has 8 N–H and O–H groups in total. The highest BCUT2D eigenvalue weighted by Crippen LogP contribution is 2.48. The summed E-state index contributed by atoms with van der Waals surface area (Å²) in [5.41, 5.74) is 1.63. The molecular formula is C113H157Cl2N9O25. The zero-order chi connectivity index (χ0) is 111. The summed E-state index contributed by atoms with van der Waals surface area (Å²) in [6.45, 7) is 37.7. The van der Waals surface area contributed by atoms with Crippen LogP contribution in [-0.4, -0.2) is 198 Å². The molecule has 0 aromatic heterocycles. The number of aryl methyl sites for hydroxylation is 2. The second-order valence-electron chi connectivity index (χ2n) is 44.5. The molecule has 9 rings (SSSR count). The zero-order valence-electron chi connectivity index (χ0n) is 90.5. The molecule has 0 radical (unpaired) electrons. The third-order valence-corrected chi connectivity index (χ3v) is 28.9. The molecule has 5 aliphatic rings. The maximum atomic E-state index is 14.2. The Morgan fingerprint density at radius 3 is 1.17 bits per heavy atom. The summed E-state index contributed by atoms with van der Waals surface area (Å²) < 4.78 is 35.6. The number of carbonyl (C=O) groups is 18. The number of rotatable bonds is 41. The fourth-order valence-electron chi connectivity index (χ4n) is 17.8. The van der Waals surface area contributed by atoms with Gasteiger partial charge in [-0.2, -0.15) is 0 Å². The molecule has 34 nitrogen and oxygen atoms in total. The molecular weight excluding hydrogens is 1950 g/mol. The van der Waals surface area contributed by atoms with E-state index in [1.165, 1.54) is 33.3 Å². The fraction of sp³-hybridized carbons (Fsp3) is 0.593. The summed E-state index contributed by atoms with van der Waals surface area (Å²) in [6.07, 6.45) is 5.70. The first-order chi connectivity index (χ1) is 69.8. The highest BCUT2D eigenvalue weighted by atomic mass is 35.5. The molecule has 36 heteroatoms. The lowest BCUT2D eigenvalue weighted by Gasteiger charge is -2.35. The Labute approximate surface area is 887 Å². The van der Waals surface area contributed by atoms with Gasteiger partial charge in [-0.25, -0.2) is 14.4 Å². The number of nitrogens with zero attached hydrogens (tertiary/aromatic N) is 1. The molecule has 0 spiro atoms. The number of nitrogens with one attached hydrogen (secondary N) is 8. The SMILES string of the molecule is COc1ccc(C[C@H]2NC(=O)/C=C/C[C@@H]([C@H](C)[C@H]3O[C@@H]3c3ccc(CCC(=O)[C@H](C)NC(=O)[C@@H](CC(=O)CCCC(=O)ON4C(=O)CCC4=O)C(C)C)cc3)OC(=O)[C@H](CC(C)(C)C)NC(=O)C(C)(C)C(C)NC2=O)cc1Cl.COc1ccc(C[C@H]2NC(=O)/C=C/C[C@@H]([C@H](C)[C@H]3O[C@@H]3c3ccc(CCC(=O)[C@H](C)NC(=O)[C@@H](CC(=O)CCCC(C)=O)C(C)C)cc3)OC(=O)[C@H](CC(C)(C)C)NC(=O)C(C)(C)C(C)NC2=O)cc1Cl.[HH]. The largest absolute Gasteiger partial charge is 0.495 e. The molecule has 4 aromatic rings. The number of hydrogen-bond acceptors (Lipinski definition) is 25. The van der Waals surface area contributed by atoms with Gasteiger partial charge in [-0.05, 0) is 193 Å². The van der Waals surface area contributed by atoms with Crippen LogP contribution in [0.2, 0.25) is 10.0 Å². The predicted octanol–water partition coefficient (Wildman–Crippen LogP) is 14.2. The van der Waals surface area contributed by atoms with Crippen molar-refractivity contribution in [3.05, 3.63) is 153 Å². The van der Waals surface area contributed by atoms with Crippen molar-refractivity contribution in [2.75, 3.05) is 14.2 Å². The molecule has 0 bridgehead atoms. The molecule has 0 aliphatic carbocycles. The lowest BCUT2D eigenvalue weighted by molar-refractivity contribution is -0.197. The quantitative estimate of drug-likeness (QED) is 0.0116. The first-order valence-electron chi connectivity index (χ1n) is 51.7. The Kier molecular flexibility index (Phi) is 45.3. The van der Waals surface area contributed by atoms with Crippen LogP contribution in [0.25, 0.3) is 0 Å². The van der Waals surface area contributed by atoms with Crippen molar-refractivity contribution in [3.8, 4) is 11.5 Å². The molecule has 4 aromatic carbocycles. The lowest BCUT2D eigenvalue weighted by atomic mass is 9.82. The fourth-order valence-corrected chi connectivity index (χ4v) is 18.3. The first kappa shape index (κ1) is 122. The molecule has 18 atom stereocenters. The average Bonchev–Trinajstić information content (AvgIpc) is 1.63. The number of epoxide rings is 2. The number of Topliss-reactive ketones (excluding diaryl/α,β-unsaturated/α-hetero) is 5. The van der Waals surface area contributed by atoms with Crippen molar-refractivity contribution in [1.82, 2.24) is 47.6 Å². The van der Waals surface area contributed by atoms with Crippen LogP contribution in [0.3, 0.4) is 0 Å². The Hall–Kier alpha value is -11.9. The second kappa shape index (κ2) is 55.2. The summed E-state index contributed by atoms with van der Waals surface area (Å²) >= 11 is 12.8. The van der Waals surface area contributed by atoms with E-state index in [0.29, 0.717) is 63.4 Å². The minimum atomic E-state index is -1.22. The number of methoxy groups -OCH3 is 2. The molecule has 0 saturated carbocycles. The number of amides is 10. The number of esters is 2. The van der Waals surface area contributed by atoms with E-state index >= 15 is 0 Å². The molecule has 5 heterocycles. The van der Waals surface area contributed by atoms with Gasteiger partial charge in [-0.3, -0.25) is 67.1 Å². The van der Waals surface area contributed by atoms with E-state index in [-0.39, 0.29) is 181 Å². The van der Waals surface area contributed by atoms with Crippen molar-refractivity contribution >= 4 is 129 Å². The molecule has 3 fully saturated rings. The summed E-state index contributed by atoms with van der Waals surface area (Å²) in [6, 6.07) is 18.3. The van der Waals surface area contributed by atoms with Crippen LogP contribution in [0.1, 0.15) is 295 Å². The van der Waals surface area contributed by atoms with Gasteiger partial charge in [-0.15, -0.1) is 5.06 Å². The number of carbonyl (C=O) groups excluding carboxylic acids is 18.